The predicted molar refractivity (Wildman–Crippen MR) is 67.2 cm³/mol. The van der Waals surface area contributed by atoms with Gasteiger partial charge in [0.2, 0.25) is 11.8 Å². The molecule has 0 atom stereocenters. The van der Waals surface area contributed by atoms with E-state index in [-0.39, 0.29) is 43.9 Å². The number of hydrogen-bond acceptors (Lipinski definition) is 5. The molecule has 0 radical (unpaired) electrons. The summed E-state index contributed by atoms with van der Waals surface area (Å²) >= 11 is 0. The monoisotopic (exact) mass is 280 g/mol. The molecule has 1 aromatic rings. The van der Waals surface area contributed by atoms with E-state index in [2.05, 4.69) is 20.5 Å². The highest BCUT2D eigenvalue weighted by atomic mass is 16.2. The number of aromatic nitrogens is 3. The van der Waals surface area contributed by atoms with E-state index in [1.165, 1.54) is 16.1 Å². The van der Waals surface area contributed by atoms with E-state index >= 15 is 0 Å². The minimum Gasteiger partial charge on any atom is -0.349 e. The maximum Gasteiger partial charge on any atom is 0.326 e. The number of H-pyrrole nitrogens is 1. The summed E-state index contributed by atoms with van der Waals surface area (Å²) in [5.41, 5.74) is 0. The third-order valence-corrected chi connectivity index (χ3v) is 2.93. The average Bonchev–Trinajstić information content (AvgIpc) is 3.00. The minimum atomic E-state index is -0.308. The highest BCUT2D eigenvalue weighted by Gasteiger charge is 2.32. The number of likely N-dealkylation sites (N-methyl/N-ethyl adjacent to an activating group) is 1. The molecule has 2 rings (SSSR count). The SMILES string of the molecule is CN1CC(=O)N(CCCC(=O)NCc2ncn[nH]2)C1=O. The van der Waals surface area contributed by atoms with Gasteiger partial charge in [-0.15, -0.1) is 0 Å². The van der Waals surface area contributed by atoms with Crippen molar-refractivity contribution in [2.75, 3.05) is 20.1 Å². The van der Waals surface area contributed by atoms with E-state index in [0.29, 0.717) is 12.2 Å². The summed E-state index contributed by atoms with van der Waals surface area (Å²) in [4.78, 5) is 41.0. The van der Waals surface area contributed by atoms with Gasteiger partial charge in [-0.1, -0.05) is 0 Å². The lowest BCUT2D eigenvalue weighted by molar-refractivity contribution is -0.126. The van der Waals surface area contributed by atoms with Gasteiger partial charge in [0.1, 0.15) is 18.7 Å². The Kier molecular flexibility index (Phi) is 4.28. The molecular formula is C11H16N6O3. The summed E-state index contributed by atoms with van der Waals surface area (Å²) in [6, 6.07) is -0.308. The van der Waals surface area contributed by atoms with Gasteiger partial charge in [0.15, 0.2) is 0 Å². The van der Waals surface area contributed by atoms with E-state index in [0.717, 1.165) is 0 Å². The fraction of sp³-hybridized carbons (Fsp3) is 0.545. The number of amides is 4. The standard InChI is InChI=1S/C11H16N6O3/c1-16-6-10(19)17(11(16)20)4-2-3-9(18)12-5-8-13-7-14-15-8/h7H,2-6H2,1H3,(H,12,18)(H,13,14,15). The maximum absolute atomic E-state index is 11.6. The Labute approximate surface area is 115 Å². The zero-order chi connectivity index (χ0) is 14.5. The first-order chi connectivity index (χ1) is 9.58. The number of nitrogens with one attached hydrogen (secondary N) is 2. The van der Waals surface area contributed by atoms with Crippen molar-refractivity contribution in [2.45, 2.75) is 19.4 Å². The summed E-state index contributed by atoms with van der Waals surface area (Å²) in [6.07, 6.45) is 2.05. The van der Waals surface area contributed by atoms with Gasteiger partial charge in [-0.25, -0.2) is 9.78 Å². The molecule has 2 N–H and O–H groups in total. The smallest absolute Gasteiger partial charge is 0.326 e. The lowest BCUT2D eigenvalue weighted by Crippen LogP contribution is -2.33. The second-order valence-corrected chi connectivity index (χ2v) is 4.50. The number of nitrogens with zero attached hydrogens (tertiary/aromatic N) is 4. The van der Waals surface area contributed by atoms with Gasteiger partial charge in [-0.05, 0) is 6.42 Å². The first-order valence-electron chi connectivity index (χ1n) is 6.24. The highest BCUT2D eigenvalue weighted by molar-refractivity contribution is 6.01. The number of imide groups is 1. The number of rotatable bonds is 6. The fourth-order valence-electron chi connectivity index (χ4n) is 1.87. The Bertz CT molecular complexity index is 500. The van der Waals surface area contributed by atoms with Crippen LogP contribution in [-0.2, 0) is 16.1 Å². The summed E-state index contributed by atoms with van der Waals surface area (Å²) in [7, 11) is 1.57. The van der Waals surface area contributed by atoms with Crippen molar-refractivity contribution in [3.63, 3.8) is 0 Å². The van der Waals surface area contributed by atoms with Gasteiger partial charge < -0.3 is 10.2 Å². The van der Waals surface area contributed by atoms with Crippen molar-refractivity contribution < 1.29 is 14.4 Å². The Morgan fingerprint density at radius 2 is 2.30 bits per heavy atom. The lowest BCUT2D eigenvalue weighted by Gasteiger charge is -2.13. The molecule has 1 aliphatic rings. The molecule has 0 aliphatic carbocycles. The number of carbonyl (C=O) groups excluding carboxylic acids is 3. The zero-order valence-corrected chi connectivity index (χ0v) is 11.1. The molecule has 108 valence electrons. The largest absolute Gasteiger partial charge is 0.349 e. The van der Waals surface area contributed by atoms with Crippen LogP contribution in [0.5, 0.6) is 0 Å². The van der Waals surface area contributed by atoms with Crippen LogP contribution in [0.2, 0.25) is 0 Å². The Morgan fingerprint density at radius 3 is 2.90 bits per heavy atom. The van der Waals surface area contributed by atoms with Crippen molar-refractivity contribution in [3.8, 4) is 0 Å². The second kappa shape index (κ2) is 6.13. The molecule has 1 aliphatic heterocycles. The summed E-state index contributed by atoms with van der Waals surface area (Å²) in [5.74, 6) is 0.193. The molecule has 0 spiro atoms. The van der Waals surface area contributed by atoms with Crippen LogP contribution in [0.4, 0.5) is 4.79 Å². The first kappa shape index (κ1) is 14.0. The maximum atomic E-state index is 11.6. The Balaban J connectivity index is 1.66. The molecule has 0 aromatic carbocycles. The van der Waals surface area contributed by atoms with E-state index in [1.54, 1.807) is 7.05 Å². The molecule has 0 unspecified atom stereocenters. The Morgan fingerprint density at radius 1 is 1.50 bits per heavy atom. The molecule has 0 bridgehead atoms. The molecule has 1 saturated heterocycles. The second-order valence-electron chi connectivity index (χ2n) is 4.50. The highest BCUT2D eigenvalue weighted by Crippen LogP contribution is 2.09. The number of carbonyl (C=O) groups is 3. The van der Waals surface area contributed by atoms with Crippen LogP contribution in [0.1, 0.15) is 18.7 Å². The van der Waals surface area contributed by atoms with E-state index in [1.807, 2.05) is 0 Å². The van der Waals surface area contributed by atoms with Gasteiger partial charge >= 0.3 is 6.03 Å². The normalized spacial score (nSPS) is 15.1. The molecule has 1 fully saturated rings. The molecule has 1 aromatic heterocycles. The van der Waals surface area contributed by atoms with Crippen molar-refractivity contribution in [3.05, 3.63) is 12.2 Å². The quantitative estimate of drug-likeness (QED) is 0.656. The molecule has 20 heavy (non-hydrogen) atoms. The third-order valence-electron chi connectivity index (χ3n) is 2.93. The average molecular weight is 280 g/mol. The molecule has 4 amide bonds. The van der Waals surface area contributed by atoms with Crippen molar-refractivity contribution >= 4 is 17.8 Å². The third kappa shape index (κ3) is 3.31. The molecule has 2 heterocycles. The first-order valence-corrected chi connectivity index (χ1v) is 6.24. The number of hydrogen-bond donors (Lipinski definition) is 2. The summed E-state index contributed by atoms with van der Waals surface area (Å²) in [6.45, 7) is 0.650. The summed E-state index contributed by atoms with van der Waals surface area (Å²) in [5, 5.41) is 8.97. The van der Waals surface area contributed by atoms with Crippen LogP contribution >= 0.6 is 0 Å². The van der Waals surface area contributed by atoms with E-state index in [4.69, 9.17) is 0 Å². The predicted octanol–water partition coefficient (Wildman–Crippen LogP) is -0.905. The minimum absolute atomic E-state index is 0.108. The number of aromatic amines is 1. The van der Waals surface area contributed by atoms with Crippen LogP contribution in [-0.4, -0.2) is 63.0 Å². The van der Waals surface area contributed by atoms with E-state index in [9.17, 15) is 14.4 Å². The Hall–Kier alpha value is -2.45. The number of urea groups is 1. The topological polar surface area (TPSA) is 111 Å². The zero-order valence-electron chi connectivity index (χ0n) is 11.1. The van der Waals surface area contributed by atoms with E-state index < -0.39 is 0 Å². The van der Waals surface area contributed by atoms with Gasteiger partial charge in [-0.3, -0.25) is 19.6 Å². The molecule has 9 heteroatoms. The lowest BCUT2D eigenvalue weighted by atomic mass is 10.3. The molecule has 0 saturated carbocycles. The van der Waals surface area contributed by atoms with Gasteiger partial charge in [0.25, 0.3) is 0 Å². The fourth-order valence-corrected chi connectivity index (χ4v) is 1.87. The van der Waals surface area contributed by atoms with Crippen LogP contribution in [0.25, 0.3) is 0 Å². The van der Waals surface area contributed by atoms with Crippen LogP contribution in [0.3, 0.4) is 0 Å². The molecular weight excluding hydrogens is 264 g/mol. The van der Waals surface area contributed by atoms with Crippen LogP contribution in [0.15, 0.2) is 6.33 Å². The van der Waals surface area contributed by atoms with Gasteiger partial charge in [0.05, 0.1) is 6.54 Å². The van der Waals surface area contributed by atoms with Crippen molar-refractivity contribution in [2.24, 2.45) is 0 Å². The van der Waals surface area contributed by atoms with Gasteiger partial charge in [-0.2, -0.15) is 5.10 Å². The summed E-state index contributed by atoms with van der Waals surface area (Å²) < 4.78 is 0. The molecule has 9 nitrogen and oxygen atoms in total. The van der Waals surface area contributed by atoms with Crippen LogP contribution in [0, 0.1) is 0 Å². The van der Waals surface area contributed by atoms with Gasteiger partial charge in [0, 0.05) is 20.0 Å². The van der Waals surface area contributed by atoms with Crippen molar-refractivity contribution in [1.29, 1.82) is 0 Å². The van der Waals surface area contributed by atoms with Crippen molar-refractivity contribution in [1.82, 2.24) is 30.3 Å². The van der Waals surface area contributed by atoms with Crippen LogP contribution < -0.4 is 5.32 Å².